The molecule has 0 spiro atoms. The third-order valence-corrected chi connectivity index (χ3v) is 2.05. The van der Waals surface area contributed by atoms with E-state index in [1.54, 1.807) is 10.6 Å². The molecule has 3 nitrogen and oxygen atoms in total. The SMILES string of the molecule is C#CCCn1c(=O)oc2ccccc21. The Morgan fingerprint density at radius 1 is 1.43 bits per heavy atom. The highest BCUT2D eigenvalue weighted by Gasteiger charge is 2.06. The monoisotopic (exact) mass is 187 g/mol. The van der Waals surface area contributed by atoms with Crippen molar-refractivity contribution in [2.75, 3.05) is 0 Å². The van der Waals surface area contributed by atoms with Crippen molar-refractivity contribution in [3.63, 3.8) is 0 Å². The maximum Gasteiger partial charge on any atom is 0.419 e. The molecule has 0 N–H and O–H groups in total. The first-order valence-corrected chi connectivity index (χ1v) is 4.35. The number of aryl methyl sites for hydroxylation is 1. The van der Waals surface area contributed by atoms with Gasteiger partial charge in [-0.25, -0.2) is 4.79 Å². The van der Waals surface area contributed by atoms with Crippen molar-refractivity contribution in [1.29, 1.82) is 0 Å². The van der Waals surface area contributed by atoms with E-state index in [9.17, 15) is 4.79 Å². The van der Waals surface area contributed by atoms with Crippen LogP contribution in [0.1, 0.15) is 6.42 Å². The number of oxazole rings is 1. The van der Waals surface area contributed by atoms with Gasteiger partial charge in [-0.05, 0) is 12.1 Å². The molecule has 0 bridgehead atoms. The molecule has 0 amide bonds. The molecule has 0 unspecified atom stereocenters. The average molecular weight is 187 g/mol. The van der Waals surface area contributed by atoms with E-state index in [0.29, 0.717) is 18.5 Å². The second-order valence-corrected chi connectivity index (χ2v) is 2.94. The van der Waals surface area contributed by atoms with E-state index >= 15 is 0 Å². The minimum Gasteiger partial charge on any atom is -0.408 e. The van der Waals surface area contributed by atoms with Crippen LogP contribution in [0.4, 0.5) is 0 Å². The van der Waals surface area contributed by atoms with Gasteiger partial charge in [-0.2, -0.15) is 0 Å². The molecule has 1 aromatic heterocycles. The molecule has 1 heterocycles. The Morgan fingerprint density at radius 2 is 2.21 bits per heavy atom. The highest BCUT2D eigenvalue weighted by atomic mass is 16.4. The van der Waals surface area contributed by atoms with Crippen molar-refractivity contribution in [1.82, 2.24) is 4.57 Å². The normalized spacial score (nSPS) is 10.2. The zero-order valence-corrected chi connectivity index (χ0v) is 7.56. The van der Waals surface area contributed by atoms with E-state index in [0.717, 1.165) is 5.52 Å². The van der Waals surface area contributed by atoms with E-state index < -0.39 is 0 Å². The Kier molecular flexibility index (Phi) is 2.11. The average Bonchev–Trinajstić information content (AvgIpc) is 2.51. The third kappa shape index (κ3) is 1.31. The van der Waals surface area contributed by atoms with Gasteiger partial charge in [-0.3, -0.25) is 4.57 Å². The van der Waals surface area contributed by atoms with E-state index in [1.165, 1.54) is 0 Å². The molecule has 0 saturated carbocycles. The molecule has 0 saturated heterocycles. The molecule has 0 aliphatic rings. The van der Waals surface area contributed by atoms with Gasteiger partial charge < -0.3 is 4.42 Å². The fourth-order valence-corrected chi connectivity index (χ4v) is 1.40. The Hall–Kier alpha value is -1.95. The zero-order valence-electron chi connectivity index (χ0n) is 7.56. The molecule has 70 valence electrons. The van der Waals surface area contributed by atoms with Gasteiger partial charge in [0.05, 0.1) is 5.52 Å². The van der Waals surface area contributed by atoms with E-state index in [1.807, 2.05) is 18.2 Å². The summed E-state index contributed by atoms with van der Waals surface area (Å²) < 4.78 is 6.59. The number of para-hydroxylation sites is 2. The number of aromatic nitrogens is 1. The molecule has 0 aliphatic heterocycles. The van der Waals surface area contributed by atoms with Crippen LogP contribution in [0.15, 0.2) is 33.5 Å². The predicted octanol–water partition coefficient (Wildman–Crippen LogP) is 1.62. The van der Waals surface area contributed by atoms with Crippen LogP contribution < -0.4 is 5.76 Å². The minimum atomic E-state index is -0.346. The predicted molar refractivity (Wildman–Crippen MR) is 53.9 cm³/mol. The quantitative estimate of drug-likeness (QED) is 0.669. The van der Waals surface area contributed by atoms with Gasteiger partial charge in [0.15, 0.2) is 5.58 Å². The summed E-state index contributed by atoms with van der Waals surface area (Å²) in [5.41, 5.74) is 1.40. The van der Waals surface area contributed by atoms with Gasteiger partial charge in [0, 0.05) is 13.0 Å². The summed E-state index contributed by atoms with van der Waals surface area (Å²) in [6, 6.07) is 7.31. The highest BCUT2D eigenvalue weighted by Crippen LogP contribution is 2.11. The van der Waals surface area contributed by atoms with E-state index in [4.69, 9.17) is 10.8 Å². The molecule has 0 atom stereocenters. The Balaban J connectivity index is 2.58. The number of fused-ring (bicyclic) bond motifs is 1. The number of rotatable bonds is 2. The third-order valence-electron chi connectivity index (χ3n) is 2.05. The largest absolute Gasteiger partial charge is 0.419 e. The second kappa shape index (κ2) is 3.43. The summed E-state index contributed by atoms with van der Waals surface area (Å²) in [5.74, 6) is 2.15. The smallest absolute Gasteiger partial charge is 0.408 e. The molecule has 2 aromatic rings. The van der Waals surface area contributed by atoms with Crippen molar-refractivity contribution >= 4 is 11.1 Å². The molecule has 14 heavy (non-hydrogen) atoms. The molecule has 0 radical (unpaired) electrons. The number of terminal acetylenes is 1. The fourth-order valence-electron chi connectivity index (χ4n) is 1.40. The van der Waals surface area contributed by atoms with Crippen molar-refractivity contribution in [2.24, 2.45) is 0 Å². The highest BCUT2D eigenvalue weighted by molar-refractivity contribution is 5.72. The number of nitrogens with zero attached hydrogens (tertiary/aromatic N) is 1. The molecule has 1 aromatic carbocycles. The summed E-state index contributed by atoms with van der Waals surface area (Å²) in [6.45, 7) is 0.506. The van der Waals surface area contributed by atoms with Crippen LogP contribution in [0.2, 0.25) is 0 Å². The maximum absolute atomic E-state index is 11.4. The lowest BCUT2D eigenvalue weighted by molar-refractivity contribution is 0.508. The second-order valence-electron chi connectivity index (χ2n) is 2.94. The molecular weight excluding hydrogens is 178 g/mol. The molecule has 0 fully saturated rings. The fraction of sp³-hybridized carbons (Fsp3) is 0.182. The van der Waals surface area contributed by atoms with Crippen molar-refractivity contribution < 1.29 is 4.42 Å². The van der Waals surface area contributed by atoms with Gasteiger partial charge in [-0.15, -0.1) is 12.3 Å². The van der Waals surface area contributed by atoms with Gasteiger partial charge in [0.1, 0.15) is 0 Å². The summed E-state index contributed by atoms with van der Waals surface area (Å²) in [5, 5.41) is 0. The Morgan fingerprint density at radius 3 is 3.00 bits per heavy atom. The van der Waals surface area contributed by atoms with Crippen LogP contribution in [0.5, 0.6) is 0 Å². The van der Waals surface area contributed by atoms with Crippen molar-refractivity contribution in [2.45, 2.75) is 13.0 Å². The van der Waals surface area contributed by atoms with Gasteiger partial charge in [-0.1, -0.05) is 12.1 Å². The van der Waals surface area contributed by atoms with Crippen LogP contribution in [0.25, 0.3) is 11.1 Å². The van der Waals surface area contributed by atoms with Crippen LogP contribution in [0, 0.1) is 12.3 Å². The zero-order chi connectivity index (χ0) is 9.97. The lowest BCUT2D eigenvalue weighted by Gasteiger charge is -1.96. The number of benzene rings is 1. The first kappa shape index (κ1) is 8.64. The van der Waals surface area contributed by atoms with Gasteiger partial charge in [0.2, 0.25) is 0 Å². The lowest BCUT2D eigenvalue weighted by Crippen LogP contribution is -2.13. The topological polar surface area (TPSA) is 35.1 Å². The minimum absolute atomic E-state index is 0.346. The van der Waals surface area contributed by atoms with Crippen LogP contribution in [0.3, 0.4) is 0 Å². The van der Waals surface area contributed by atoms with Gasteiger partial charge >= 0.3 is 5.76 Å². The molecule has 0 aliphatic carbocycles. The molecule has 2 rings (SSSR count). The Labute approximate surface area is 81.0 Å². The van der Waals surface area contributed by atoms with E-state index in [-0.39, 0.29) is 5.76 Å². The first-order chi connectivity index (χ1) is 6.83. The van der Waals surface area contributed by atoms with Gasteiger partial charge in [0.25, 0.3) is 0 Å². The maximum atomic E-state index is 11.4. The van der Waals surface area contributed by atoms with Crippen molar-refractivity contribution in [3.8, 4) is 12.3 Å². The van der Waals surface area contributed by atoms with Crippen LogP contribution in [-0.4, -0.2) is 4.57 Å². The number of hydrogen-bond donors (Lipinski definition) is 0. The molecular formula is C11H9NO2. The standard InChI is InChI=1S/C11H9NO2/c1-2-3-8-12-9-6-4-5-7-10(9)14-11(12)13/h1,4-7H,3,8H2. The van der Waals surface area contributed by atoms with Crippen LogP contribution >= 0.6 is 0 Å². The first-order valence-electron chi connectivity index (χ1n) is 4.35. The number of hydrogen-bond acceptors (Lipinski definition) is 2. The summed E-state index contributed by atoms with van der Waals surface area (Å²) >= 11 is 0. The van der Waals surface area contributed by atoms with E-state index in [2.05, 4.69) is 5.92 Å². The van der Waals surface area contributed by atoms with Crippen LogP contribution in [-0.2, 0) is 6.54 Å². The Bertz CT molecular complexity index is 542. The summed E-state index contributed by atoms with van der Waals surface area (Å²) in [6.07, 6.45) is 5.67. The summed E-state index contributed by atoms with van der Waals surface area (Å²) in [4.78, 5) is 11.4. The lowest BCUT2D eigenvalue weighted by atomic mass is 10.3. The van der Waals surface area contributed by atoms with Crippen molar-refractivity contribution in [3.05, 3.63) is 34.8 Å². The molecule has 3 heteroatoms. The summed E-state index contributed by atoms with van der Waals surface area (Å²) in [7, 11) is 0.